The van der Waals surface area contributed by atoms with Gasteiger partial charge in [0.15, 0.2) is 5.78 Å². The SMILES string of the molecule is CC(=O)c1ccc(S(=O)(=O)N2CCC(C(=O)NCc3nc(C)cs3)CC2)cc1. The predicted octanol–water partition coefficient (Wildman–Crippen LogP) is 2.37. The van der Waals surface area contributed by atoms with Crippen LogP contribution in [-0.4, -0.2) is 42.5 Å². The molecule has 0 atom stereocenters. The maximum Gasteiger partial charge on any atom is 0.243 e. The number of nitrogens with one attached hydrogen (secondary N) is 1. The first kappa shape index (κ1) is 20.6. The van der Waals surface area contributed by atoms with Crippen molar-refractivity contribution < 1.29 is 18.0 Å². The number of Topliss-reactive ketones (excluding diaryl/α,β-unsaturated/α-hetero) is 1. The average Bonchev–Trinajstić information content (AvgIpc) is 3.11. The zero-order valence-electron chi connectivity index (χ0n) is 15.8. The lowest BCUT2D eigenvalue weighted by molar-refractivity contribution is -0.126. The van der Waals surface area contributed by atoms with E-state index < -0.39 is 10.0 Å². The van der Waals surface area contributed by atoms with Crippen molar-refractivity contribution in [2.45, 2.75) is 38.1 Å². The van der Waals surface area contributed by atoms with Crippen LogP contribution in [0.2, 0.25) is 0 Å². The Hall–Kier alpha value is -2.10. The molecule has 7 nitrogen and oxygen atoms in total. The van der Waals surface area contributed by atoms with E-state index in [1.807, 2.05) is 12.3 Å². The lowest BCUT2D eigenvalue weighted by atomic mass is 9.97. The molecule has 0 unspecified atom stereocenters. The molecule has 1 aromatic carbocycles. The molecular weight excluding hydrogens is 398 g/mol. The number of amides is 1. The Morgan fingerprint density at radius 3 is 2.39 bits per heavy atom. The van der Waals surface area contributed by atoms with E-state index in [1.165, 1.54) is 46.8 Å². The second-order valence-corrected chi connectivity index (χ2v) is 9.74. The van der Waals surface area contributed by atoms with E-state index in [2.05, 4.69) is 10.3 Å². The van der Waals surface area contributed by atoms with E-state index in [-0.39, 0.29) is 22.5 Å². The highest BCUT2D eigenvalue weighted by Crippen LogP contribution is 2.24. The standard InChI is InChI=1S/C19H23N3O4S2/c1-13-12-27-18(21-13)11-20-19(24)16-7-9-22(10-8-16)28(25,26)17-5-3-15(4-6-17)14(2)23/h3-6,12,16H,7-11H2,1-2H3,(H,20,24). The number of benzene rings is 1. The van der Waals surface area contributed by atoms with Gasteiger partial charge in [0.1, 0.15) is 5.01 Å². The molecular formula is C19H23N3O4S2. The fourth-order valence-corrected chi connectivity index (χ4v) is 5.34. The van der Waals surface area contributed by atoms with Gasteiger partial charge in [-0.1, -0.05) is 12.1 Å². The number of hydrogen-bond donors (Lipinski definition) is 1. The molecule has 0 spiro atoms. The van der Waals surface area contributed by atoms with Crippen molar-refractivity contribution in [2.24, 2.45) is 5.92 Å². The molecule has 1 fully saturated rings. The van der Waals surface area contributed by atoms with Crippen LogP contribution < -0.4 is 5.32 Å². The van der Waals surface area contributed by atoms with E-state index in [0.29, 0.717) is 38.0 Å². The molecule has 9 heteroatoms. The summed E-state index contributed by atoms with van der Waals surface area (Å²) in [6.07, 6.45) is 0.959. The summed E-state index contributed by atoms with van der Waals surface area (Å²) in [6, 6.07) is 5.97. The molecule has 1 N–H and O–H groups in total. The summed E-state index contributed by atoms with van der Waals surface area (Å²) in [7, 11) is -3.62. The molecule has 0 radical (unpaired) electrons. The summed E-state index contributed by atoms with van der Waals surface area (Å²) in [5.41, 5.74) is 1.41. The number of sulfonamides is 1. The van der Waals surface area contributed by atoms with Crippen LogP contribution >= 0.6 is 11.3 Å². The van der Waals surface area contributed by atoms with Crippen molar-refractivity contribution in [1.29, 1.82) is 0 Å². The smallest absolute Gasteiger partial charge is 0.243 e. The highest BCUT2D eigenvalue weighted by molar-refractivity contribution is 7.89. The number of ketones is 1. The second kappa shape index (κ2) is 8.50. The van der Waals surface area contributed by atoms with E-state index in [1.54, 1.807) is 0 Å². The monoisotopic (exact) mass is 421 g/mol. The van der Waals surface area contributed by atoms with Gasteiger partial charge in [-0.25, -0.2) is 13.4 Å². The Morgan fingerprint density at radius 1 is 1.21 bits per heavy atom. The van der Waals surface area contributed by atoms with Crippen molar-refractivity contribution in [3.63, 3.8) is 0 Å². The Balaban J connectivity index is 1.56. The second-order valence-electron chi connectivity index (χ2n) is 6.86. The molecule has 1 aliphatic heterocycles. The van der Waals surface area contributed by atoms with Gasteiger partial charge in [0.25, 0.3) is 0 Å². The topological polar surface area (TPSA) is 96.4 Å². The molecule has 1 saturated heterocycles. The third-order valence-corrected chi connectivity index (χ3v) is 7.68. The predicted molar refractivity (Wildman–Crippen MR) is 107 cm³/mol. The van der Waals surface area contributed by atoms with Crippen molar-refractivity contribution >= 4 is 33.1 Å². The highest BCUT2D eigenvalue weighted by atomic mass is 32.2. The molecule has 3 rings (SSSR count). The quantitative estimate of drug-likeness (QED) is 0.723. The fourth-order valence-electron chi connectivity index (χ4n) is 3.16. The minimum absolute atomic E-state index is 0.0595. The normalized spacial score (nSPS) is 16.1. The number of hydrogen-bond acceptors (Lipinski definition) is 6. The third-order valence-electron chi connectivity index (χ3n) is 4.80. The van der Waals surface area contributed by atoms with Gasteiger partial charge in [0.2, 0.25) is 15.9 Å². The van der Waals surface area contributed by atoms with Crippen LogP contribution in [0.1, 0.15) is 40.8 Å². The Bertz CT molecular complexity index is 959. The first-order valence-electron chi connectivity index (χ1n) is 9.07. The lowest BCUT2D eigenvalue weighted by Gasteiger charge is -2.30. The average molecular weight is 422 g/mol. The molecule has 28 heavy (non-hydrogen) atoms. The van der Waals surface area contributed by atoms with E-state index >= 15 is 0 Å². The van der Waals surface area contributed by atoms with E-state index in [0.717, 1.165) is 10.7 Å². The number of aryl methyl sites for hydroxylation is 1. The number of piperidine rings is 1. The largest absolute Gasteiger partial charge is 0.349 e. The first-order valence-corrected chi connectivity index (χ1v) is 11.4. The van der Waals surface area contributed by atoms with Crippen molar-refractivity contribution in [1.82, 2.24) is 14.6 Å². The van der Waals surface area contributed by atoms with Gasteiger partial charge in [-0.3, -0.25) is 9.59 Å². The van der Waals surface area contributed by atoms with Crippen molar-refractivity contribution in [3.8, 4) is 0 Å². The number of carbonyl (C=O) groups is 2. The van der Waals surface area contributed by atoms with Crippen molar-refractivity contribution in [2.75, 3.05) is 13.1 Å². The summed E-state index contributed by atoms with van der Waals surface area (Å²) in [4.78, 5) is 28.2. The van der Waals surface area contributed by atoms with Gasteiger partial charge < -0.3 is 5.32 Å². The summed E-state index contributed by atoms with van der Waals surface area (Å²) in [6.45, 7) is 4.34. The molecule has 0 bridgehead atoms. The minimum Gasteiger partial charge on any atom is -0.349 e. The fraction of sp³-hybridized carbons (Fsp3) is 0.421. The minimum atomic E-state index is -3.62. The van der Waals surface area contributed by atoms with Gasteiger partial charge >= 0.3 is 0 Å². The first-order chi connectivity index (χ1) is 13.3. The zero-order valence-corrected chi connectivity index (χ0v) is 17.5. The van der Waals surface area contributed by atoms with Gasteiger partial charge in [0, 0.05) is 35.6 Å². The molecule has 0 aliphatic carbocycles. The molecule has 1 aliphatic rings. The number of thiazole rings is 1. The summed E-state index contributed by atoms with van der Waals surface area (Å²) in [5, 5.41) is 5.69. The van der Waals surface area contributed by atoms with Crippen molar-refractivity contribution in [3.05, 3.63) is 45.9 Å². The number of aromatic nitrogens is 1. The molecule has 2 aromatic rings. The maximum atomic E-state index is 12.8. The van der Waals surface area contributed by atoms with Crippen LogP contribution in [-0.2, 0) is 21.4 Å². The van der Waals surface area contributed by atoms with Crippen LogP contribution in [0.4, 0.5) is 0 Å². The number of nitrogens with zero attached hydrogens (tertiary/aromatic N) is 2. The van der Waals surface area contributed by atoms with Crippen LogP contribution in [0.15, 0.2) is 34.5 Å². The van der Waals surface area contributed by atoms with Gasteiger partial charge in [-0.05, 0) is 38.8 Å². The van der Waals surface area contributed by atoms with E-state index in [9.17, 15) is 18.0 Å². The Morgan fingerprint density at radius 2 is 1.86 bits per heavy atom. The van der Waals surface area contributed by atoms with Gasteiger partial charge in [-0.2, -0.15) is 4.31 Å². The molecule has 1 aromatic heterocycles. The number of rotatable bonds is 6. The lowest BCUT2D eigenvalue weighted by Crippen LogP contribution is -2.42. The third kappa shape index (κ3) is 4.65. The Labute approximate surface area is 168 Å². The van der Waals surface area contributed by atoms with Gasteiger partial charge in [0.05, 0.1) is 11.4 Å². The van der Waals surface area contributed by atoms with Crippen LogP contribution in [0.3, 0.4) is 0 Å². The summed E-state index contributed by atoms with van der Waals surface area (Å²) in [5.74, 6) is -0.369. The van der Waals surface area contributed by atoms with Crippen LogP contribution in [0, 0.1) is 12.8 Å². The van der Waals surface area contributed by atoms with Crippen LogP contribution in [0.25, 0.3) is 0 Å². The van der Waals surface area contributed by atoms with E-state index in [4.69, 9.17) is 0 Å². The summed E-state index contributed by atoms with van der Waals surface area (Å²) < 4.78 is 27.0. The number of carbonyl (C=O) groups excluding carboxylic acids is 2. The summed E-state index contributed by atoms with van der Waals surface area (Å²) >= 11 is 1.51. The molecule has 1 amide bonds. The highest BCUT2D eigenvalue weighted by Gasteiger charge is 2.32. The maximum absolute atomic E-state index is 12.8. The Kier molecular flexibility index (Phi) is 6.26. The molecule has 2 heterocycles. The molecule has 150 valence electrons. The molecule has 0 saturated carbocycles. The van der Waals surface area contributed by atoms with Crippen LogP contribution in [0.5, 0.6) is 0 Å². The van der Waals surface area contributed by atoms with Gasteiger partial charge in [-0.15, -0.1) is 11.3 Å². The zero-order chi connectivity index (χ0) is 20.3.